The number of imide groups is 1. The van der Waals surface area contributed by atoms with Gasteiger partial charge in [0.25, 0.3) is 11.1 Å². The third-order valence-corrected chi connectivity index (χ3v) is 7.35. The van der Waals surface area contributed by atoms with Crippen LogP contribution in [0.25, 0.3) is 6.08 Å². The summed E-state index contributed by atoms with van der Waals surface area (Å²) >= 11 is 0.803. The molecule has 0 spiro atoms. The van der Waals surface area contributed by atoms with E-state index in [4.69, 9.17) is 13.7 Å². The van der Waals surface area contributed by atoms with Gasteiger partial charge >= 0.3 is 10.1 Å². The Labute approximate surface area is 213 Å². The SMILES string of the molecule is COc1ccc(/C=C2\SC(=O)N(CCOc3ccc(C)cc3)C2=O)cc1OS(=O)(=O)c1ccccc1. The zero-order valence-corrected chi connectivity index (χ0v) is 21.2. The second kappa shape index (κ2) is 10.9. The maximum Gasteiger partial charge on any atom is 0.339 e. The molecule has 0 atom stereocenters. The molecule has 4 rings (SSSR count). The van der Waals surface area contributed by atoms with Crippen LogP contribution >= 0.6 is 11.8 Å². The lowest BCUT2D eigenvalue weighted by Crippen LogP contribution is -2.32. The molecule has 0 unspecified atom stereocenters. The van der Waals surface area contributed by atoms with Crippen LogP contribution in [0.4, 0.5) is 4.79 Å². The number of ether oxygens (including phenoxy) is 2. The molecule has 0 saturated carbocycles. The molecule has 186 valence electrons. The maximum atomic E-state index is 12.8. The Bertz CT molecular complexity index is 1400. The van der Waals surface area contributed by atoms with Crippen molar-refractivity contribution in [3.63, 3.8) is 0 Å². The summed E-state index contributed by atoms with van der Waals surface area (Å²) in [5, 5.41) is -0.407. The van der Waals surface area contributed by atoms with Crippen molar-refractivity contribution in [3.05, 3.63) is 88.8 Å². The summed E-state index contributed by atoms with van der Waals surface area (Å²) < 4.78 is 41.5. The Morgan fingerprint density at radius 1 is 0.944 bits per heavy atom. The van der Waals surface area contributed by atoms with Crippen LogP contribution in [-0.2, 0) is 14.9 Å². The second-order valence-electron chi connectivity index (χ2n) is 7.76. The Morgan fingerprint density at radius 2 is 1.67 bits per heavy atom. The third kappa shape index (κ3) is 5.89. The fourth-order valence-electron chi connectivity index (χ4n) is 3.34. The maximum absolute atomic E-state index is 12.8. The van der Waals surface area contributed by atoms with Crippen molar-refractivity contribution in [3.8, 4) is 17.2 Å². The van der Waals surface area contributed by atoms with E-state index in [1.165, 1.54) is 37.5 Å². The molecule has 1 aliphatic heterocycles. The first-order chi connectivity index (χ1) is 17.3. The predicted molar refractivity (Wildman–Crippen MR) is 137 cm³/mol. The number of hydrogen-bond donors (Lipinski definition) is 0. The van der Waals surface area contributed by atoms with Crippen LogP contribution in [0.2, 0.25) is 0 Å². The summed E-state index contributed by atoms with van der Waals surface area (Å²) in [5.74, 6) is 0.362. The summed E-state index contributed by atoms with van der Waals surface area (Å²) in [6.45, 7) is 2.23. The van der Waals surface area contributed by atoms with Gasteiger partial charge in [0.15, 0.2) is 11.5 Å². The number of hydrogen-bond acceptors (Lipinski definition) is 8. The smallest absolute Gasteiger partial charge is 0.339 e. The average Bonchev–Trinajstić information content (AvgIpc) is 3.13. The molecule has 3 aromatic rings. The van der Waals surface area contributed by atoms with Gasteiger partial charge in [-0.2, -0.15) is 8.42 Å². The number of carbonyl (C=O) groups excluding carboxylic acids is 2. The van der Waals surface area contributed by atoms with E-state index < -0.39 is 21.3 Å². The molecule has 2 amide bonds. The number of benzene rings is 3. The first-order valence-electron chi connectivity index (χ1n) is 10.9. The highest BCUT2D eigenvalue weighted by Crippen LogP contribution is 2.35. The molecular weight excluding hydrogens is 502 g/mol. The number of rotatable bonds is 9. The van der Waals surface area contributed by atoms with Crippen LogP contribution in [0, 0.1) is 6.92 Å². The molecule has 0 bridgehead atoms. The van der Waals surface area contributed by atoms with Crippen LogP contribution in [0.5, 0.6) is 17.2 Å². The lowest BCUT2D eigenvalue weighted by Gasteiger charge is -2.13. The van der Waals surface area contributed by atoms with Crippen LogP contribution in [0.3, 0.4) is 0 Å². The fourth-order valence-corrected chi connectivity index (χ4v) is 5.15. The summed E-state index contributed by atoms with van der Waals surface area (Å²) in [5.41, 5.74) is 1.57. The van der Waals surface area contributed by atoms with Gasteiger partial charge in [0.1, 0.15) is 17.3 Å². The van der Waals surface area contributed by atoms with Crippen molar-refractivity contribution in [1.29, 1.82) is 0 Å². The van der Waals surface area contributed by atoms with Gasteiger partial charge in [0.05, 0.1) is 18.6 Å². The number of methoxy groups -OCH3 is 1. The van der Waals surface area contributed by atoms with Gasteiger partial charge in [-0.1, -0.05) is 42.0 Å². The van der Waals surface area contributed by atoms with Crippen molar-refractivity contribution in [2.75, 3.05) is 20.3 Å². The average molecular weight is 526 g/mol. The van der Waals surface area contributed by atoms with E-state index >= 15 is 0 Å². The topological polar surface area (TPSA) is 99.2 Å². The summed E-state index contributed by atoms with van der Waals surface area (Å²) in [6.07, 6.45) is 1.51. The molecule has 0 N–H and O–H groups in total. The molecule has 3 aromatic carbocycles. The first-order valence-corrected chi connectivity index (χ1v) is 13.1. The molecule has 1 heterocycles. The lowest BCUT2D eigenvalue weighted by molar-refractivity contribution is -0.123. The van der Waals surface area contributed by atoms with Crippen molar-refractivity contribution < 1.29 is 31.7 Å². The minimum atomic E-state index is -4.10. The van der Waals surface area contributed by atoms with E-state index in [0.29, 0.717) is 11.3 Å². The van der Waals surface area contributed by atoms with E-state index in [2.05, 4.69) is 0 Å². The largest absolute Gasteiger partial charge is 0.493 e. The van der Waals surface area contributed by atoms with Crippen LogP contribution in [0.15, 0.2) is 82.6 Å². The molecular formula is C26H23NO7S2. The van der Waals surface area contributed by atoms with E-state index in [9.17, 15) is 18.0 Å². The normalized spacial score (nSPS) is 14.8. The molecule has 0 radical (unpaired) electrons. The van der Waals surface area contributed by atoms with Gasteiger partial charge in [0.2, 0.25) is 0 Å². The lowest BCUT2D eigenvalue weighted by atomic mass is 10.2. The molecule has 1 fully saturated rings. The minimum absolute atomic E-state index is 0.00793. The van der Waals surface area contributed by atoms with Gasteiger partial charge in [-0.05, 0) is 66.7 Å². The van der Waals surface area contributed by atoms with E-state index in [-0.39, 0.29) is 34.5 Å². The minimum Gasteiger partial charge on any atom is -0.493 e. The highest BCUT2D eigenvalue weighted by molar-refractivity contribution is 8.18. The van der Waals surface area contributed by atoms with Gasteiger partial charge in [0, 0.05) is 0 Å². The molecule has 0 aromatic heterocycles. The molecule has 36 heavy (non-hydrogen) atoms. The Balaban J connectivity index is 1.48. The summed E-state index contributed by atoms with van der Waals surface area (Å²) in [4.78, 5) is 26.6. The van der Waals surface area contributed by atoms with Crippen molar-refractivity contribution in [2.45, 2.75) is 11.8 Å². The summed E-state index contributed by atoms with van der Waals surface area (Å²) in [7, 11) is -2.71. The van der Waals surface area contributed by atoms with E-state index in [1.807, 2.05) is 31.2 Å². The Kier molecular flexibility index (Phi) is 7.66. The molecule has 1 aliphatic rings. The number of carbonyl (C=O) groups is 2. The third-order valence-electron chi connectivity index (χ3n) is 5.20. The molecule has 0 aliphatic carbocycles. The van der Waals surface area contributed by atoms with E-state index in [0.717, 1.165) is 22.2 Å². The van der Waals surface area contributed by atoms with Crippen molar-refractivity contribution >= 4 is 39.1 Å². The molecule has 1 saturated heterocycles. The Hall–Kier alpha value is -3.76. The van der Waals surface area contributed by atoms with Crippen LogP contribution < -0.4 is 13.7 Å². The highest BCUT2D eigenvalue weighted by Gasteiger charge is 2.35. The standard InChI is InChI=1S/C26H23NO7S2/c1-18-8-11-20(12-9-18)33-15-14-27-25(28)24(35-26(27)29)17-19-10-13-22(32-2)23(16-19)34-36(30,31)21-6-4-3-5-7-21/h3-13,16-17H,14-15H2,1-2H3/b24-17-. The first kappa shape index (κ1) is 25.3. The van der Waals surface area contributed by atoms with Crippen LogP contribution in [-0.4, -0.2) is 44.7 Å². The quantitative estimate of drug-likeness (QED) is 0.288. The zero-order chi connectivity index (χ0) is 25.7. The van der Waals surface area contributed by atoms with Gasteiger partial charge in [-0.15, -0.1) is 0 Å². The number of amides is 2. The van der Waals surface area contributed by atoms with Crippen molar-refractivity contribution in [1.82, 2.24) is 4.90 Å². The predicted octanol–water partition coefficient (Wildman–Crippen LogP) is 4.89. The molecule has 10 heteroatoms. The zero-order valence-electron chi connectivity index (χ0n) is 19.5. The van der Waals surface area contributed by atoms with Gasteiger partial charge in [-0.25, -0.2) is 0 Å². The number of aryl methyl sites for hydroxylation is 1. The highest BCUT2D eigenvalue weighted by atomic mass is 32.2. The van der Waals surface area contributed by atoms with Gasteiger partial charge < -0.3 is 13.7 Å². The van der Waals surface area contributed by atoms with Gasteiger partial charge in [-0.3, -0.25) is 14.5 Å². The van der Waals surface area contributed by atoms with E-state index in [1.54, 1.807) is 24.3 Å². The Morgan fingerprint density at radius 3 is 2.36 bits per heavy atom. The fraction of sp³-hybridized carbons (Fsp3) is 0.154. The number of nitrogens with zero attached hydrogens (tertiary/aromatic N) is 1. The van der Waals surface area contributed by atoms with Crippen LogP contribution in [0.1, 0.15) is 11.1 Å². The molecule has 8 nitrogen and oxygen atoms in total. The van der Waals surface area contributed by atoms with Crippen molar-refractivity contribution in [2.24, 2.45) is 0 Å². The summed E-state index contributed by atoms with van der Waals surface area (Å²) in [6, 6.07) is 19.8. The monoisotopic (exact) mass is 525 g/mol. The number of thioether (sulfide) groups is 1. The second-order valence-corrected chi connectivity index (χ2v) is 10.3.